The van der Waals surface area contributed by atoms with Gasteiger partial charge in [0.05, 0.1) is 11.4 Å². The van der Waals surface area contributed by atoms with Crippen molar-refractivity contribution in [1.82, 2.24) is 20.8 Å². The van der Waals surface area contributed by atoms with Crippen LogP contribution in [0.15, 0.2) is 59.1 Å². The minimum absolute atomic E-state index is 0.00953. The largest absolute Gasteiger partial charge is 0.361 e. The second-order valence-electron chi connectivity index (χ2n) is 7.93. The van der Waals surface area contributed by atoms with E-state index in [1.54, 1.807) is 24.3 Å². The molecule has 0 saturated heterocycles. The van der Waals surface area contributed by atoms with Crippen molar-refractivity contribution in [3.8, 4) is 0 Å². The summed E-state index contributed by atoms with van der Waals surface area (Å²) >= 11 is 6.00. The van der Waals surface area contributed by atoms with E-state index in [9.17, 15) is 14.4 Å². The third kappa shape index (κ3) is 5.92. The van der Waals surface area contributed by atoms with E-state index in [0.29, 0.717) is 35.0 Å². The number of halogens is 1. The fourth-order valence-corrected chi connectivity index (χ4v) is 3.83. The number of aromatic amines is 1. The highest BCUT2D eigenvalue weighted by atomic mass is 35.5. The third-order valence-electron chi connectivity index (χ3n) is 5.50. The molecule has 0 saturated carbocycles. The molecule has 4 N–H and O–H groups in total. The van der Waals surface area contributed by atoms with Gasteiger partial charge < -0.3 is 9.84 Å². The maximum absolute atomic E-state index is 13.2. The van der Waals surface area contributed by atoms with Crippen LogP contribution in [0, 0.1) is 0 Å². The summed E-state index contributed by atoms with van der Waals surface area (Å²) in [7, 11) is 0. The number of rotatable bonds is 10. The van der Waals surface area contributed by atoms with Crippen molar-refractivity contribution in [3.63, 3.8) is 0 Å². The van der Waals surface area contributed by atoms with Crippen LogP contribution in [-0.2, 0) is 16.0 Å². The highest BCUT2D eigenvalue weighted by Gasteiger charge is 2.25. The molecule has 10 nitrogen and oxygen atoms in total. The van der Waals surface area contributed by atoms with E-state index >= 15 is 0 Å². The molecule has 0 spiro atoms. The molecule has 4 aromatic rings. The van der Waals surface area contributed by atoms with Gasteiger partial charge in [-0.15, -0.1) is 0 Å². The van der Waals surface area contributed by atoms with Crippen LogP contribution in [0.4, 0.5) is 5.82 Å². The van der Waals surface area contributed by atoms with Gasteiger partial charge in [0.1, 0.15) is 11.5 Å². The molecule has 0 aliphatic heterocycles. The predicted molar refractivity (Wildman–Crippen MR) is 127 cm³/mol. The van der Waals surface area contributed by atoms with Gasteiger partial charge in [-0.2, -0.15) is 5.10 Å². The molecule has 1 unspecified atom stereocenters. The van der Waals surface area contributed by atoms with Gasteiger partial charge in [0.2, 0.25) is 5.91 Å². The van der Waals surface area contributed by atoms with E-state index in [4.69, 9.17) is 21.3 Å². The molecule has 0 aliphatic rings. The van der Waals surface area contributed by atoms with Crippen LogP contribution in [0.2, 0.25) is 5.02 Å². The summed E-state index contributed by atoms with van der Waals surface area (Å²) in [6.45, 7) is 0. The van der Waals surface area contributed by atoms with Gasteiger partial charge in [-0.3, -0.25) is 24.7 Å². The number of aryl methyl sites for hydroxylation is 1. The molecule has 2 heterocycles. The Hall–Kier alpha value is -4.02. The molecular weight excluding hydrogens is 474 g/mol. The smallest absolute Gasteiger partial charge is 0.296 e. The summed E-state index contributed by atoms with van der Waals surface area (Å²) in [4.78, 5) is 37.4. The van der Waals surface area contributed by atoms with Gasteiger partial charge >= 0.3 is 0 Å². The van der Waals surface area contributed by atoms with Crippen LogP contribution in [-0.4, -0.2) is 38.2 Å². The highest BCUT2D eigenvalue weighted by Crippen LogP contribution is 2.27. The molecule has 11 heteroatoms. The summed E-state index contributed by atoms with van der Waals surface area (Å²) in [6.07, 6.45) is 0.997. The lowest BCUT2D eigenvalue weighted by Gasteiger charge is -2.16. The monoisotopic (exact) mass is 495 g/mol. The van der Waals surface area contributed by atoms with Crippen molar-refractivity contribution in [3.05, 3.63) is 76.6 Å². The van der Waals surface area contributed by atoms with Gasteiger partial charge in [0, 0.05) is 35.7 Å². The number of para-hydroxylation sites is 1. The number of nitrogens with one attached hydrogen (secondary N) is 3. The number of anilines is 1. The Labute approximate surface area is 204 Å². The van der Waals surface area contributed by atoms with Crippen molar-refractivity contribution < 1.29 is 24.1 Å². The SMILES string of the molecule is O=C(CCCc1cc(C(=O)NO)no1)CC(C(=O)Nc1n[nH]c2ccccc12)c1ccc(Cl)cc1. The fourth-order valence-electron chi connectivity index (χ4n) is 3.70. The molecule has 4 rings (SSSR count). The van der Waals surface area contributed by atoms with Crippen LogP contribution >= 0.6 is 11.6 Å². The number of hydroxylamine groups is 1. The van der Waals surface area contributed by atoms with E-state index in [2.05, 4.69) is 20.7 Å². The lowest BCUT2D eigenvalue weighted by Crippen LogP contribution is -2.24. The maximum atomic E-state index is 13.2. The van der Waals surface area contributed by atoms with E-state index < -0.39 is 11.8 Å². The van der Waals surface area contributed by atoms with Crippen molar-refractivity contribution >= 4 is 45.9 Å². The Morgan fingerprint density at radius 2 is 1.89 bits per heavy atom. The average molecular weight is 496 g/mol. The number of fused-ring (bicyclic) bond motifs is 1. The molecule has 1 atom stereocenters. The molecule has 35 heavy (non-hydrogen) atoms. The first-order chi connectivity index (χ1) is 16.9. The number of ketones is 1. The molecule has 2 amide bonds. The summed E-state index contributed by atoms with van der Waals surface area (Å²) in [5, 5.41) is 23.4. The molecule has 0 bridgehead atoms. The Morgan fingerprint density at radius 1 is 1.11 bits per heavy atom. The number of carbonyl (C=O) groups excluding carboxylic acids is 3. The van der Waals surface area contributed by atoms with Crippen molar-refractivity contribution in [2.24, 2.45) is 0 Å². The lowest BCUT2D eigenvalue weighted by atomic mass is 9.91. The number of carbonyl (C=O) groups is 3. The van der Waals surface area contributed by atoms with Crippen LogP contribution in [0.5, 0.6) is 0 Å². The van der Waals surface area contributed by atoms with Gasteiger partial charge in [0.25, 0.3) is 5.91 Å². The minimum Gasteiger partial charge on any atom is -0.361 e. The molecule has 0 radical (unpaired) electrons. The van der Waals surface area contributed by atoms with Crippen molar-refractivity contribution in [2.75, 3.05) is 5.32 Å². The number of Topliss-reactive ketones (excluding diaryl/α,β-unsaturated/α-hetero) is 1. The fraction of sp³-hybridized carbons (Fsp3) is 0.208. The topological polar surface area (TPSA) is 150 Å². The van der Waals surface area contributed by atoms with Gasteiger partial charge in [-0.25, -0.2) is 5.48 Å². The third-order valence-corrected chi connectivity index (χ3v) is 5.76. The molecule has 2 aromatic heterocycles. The number of nitrogens with zero attached hydrogens (tertiary/aromatic N) is 2. The lowest BCUT2D eigenvalue weighted by molar-refractivity contribution is -0.124. The maximum Gasteiger partial charge on any atom is 0.296 e. The summed E-state index contributed by atoms with van der Waals surface area (Å²) in [5.74, 6) is -1.18. The van der Waals surface area contributed by atoms with E-state index in [1.165, 1.54) is 11.5 Å². The zero-order chi connectivity index (χ0) is 24.8. The van der Waals surface area contributed by atoms with Crippen LogP contribution < -0.4 is 10.8 Å². The second-order valence-corrected chi connectivity index (χ2v) is 8.36. The average Bonchev–Trinajstić information content (AvgIpc) is 3.50. The number of amides is 2. The number of aromatic nitrogens is 3. The van der Waals surface area contributed by atoms with E-state index in [1.807, 2.05) is 24.3 Å². The first-order valence-electron chi connectivity index (χ1n) is 10.9. The van der Waals surface area contributed by atoms with Crippen molar-refractivity contribution in [1.29, 1.82) is 0 Å². The van der Waals surface area contributed by atoms with Crippen LogP contribution in [0.1, 0.15) is 47.0 Å². The second kappa shape index (κ2) is 10.9. The molecular formula is C24H22ClN5O5. The number of hydrogen-bond donors (Lipinski definition) is 4. The summed E-state index contributed by atoms with van der Waals surface area (Å²) in [5.41, 5.74) is 2.87. The van der Waals surface area contributed by atoms with Crippen LogP contribution in [0.25, 0.3) is 10.9 Å². The first-order valence-corrected chi connectivity index (χ1v) is 11.2. The molecule has 180 valence electrons. The Morgan fingerprint density at radius 3 is 2.66 bits per heavy atom. The van der Waals surface area contributed by atoms with Crippen LogP contribution in [0.3, 0.4) is 0 Å². The standard InChI is InChI=1S/C24H22ClN5O5/c25-15-10-8-14(9-11-15)19(23(32)26-22-18-6-1-2-7-20(18)27-28-22)12-16(31)4-3-5-17-13-21(30-35-17)24(33)29-34/h1-2,6-11,13,19,34H,3-5,12H2,(H,29,33)(H2,26,27,28,32). The Balaban J connectivity index is 1.42. The number of H-pyrrole nitrogens is 1. The van der Waals surface area contributed by atoms with Gasteiger partial charge in [-0.1, -0.05) is 41.0 Å². The molecule has 0 aliphatic carbocycles. The van der Waals surface area contributed by atoms with E-state index in [-0.39, 0.29) is 30.2 Å². The first kappa shape index (κ1) is 24.1. The van der Waals surface area contributed by atoms with Crippen molar-refractivity contribution in [2.45, 2.75) is 31.6 Å². The zero-order valence-corrected chi connectivity index (χ0v) is 19.2. The van der Waals surface area contributed by atoms with E-state index in [0.717, 1.165) is 10.9 Å². The normalized spacial score (nSPS) is 11.8. The number of hydrogen-bond acceptors (Lipinski definition) is 7. The van der Waals surface area contributed by atoms with Gasteiger partial charge in [0.15, 0.2) is 11.5 Å². The Kier molecular flexibility index (Phi) is 7.54. The zero-order valence-electron chi connectivity index (χ0n) is 18.5. The molecule has 2 aromatic carbocycles. The molecule has 0 fully saturated rings. The van der Waals surface area contributed by atoms with Gasteiger partial charge in [-0.05, 0) is 36.2 Å². The summed E-state index contributed by atoms with van der Waals surface area (Å²) < 4.78 is 5.04. The highest BCUT2D eigenvalue weighted by molar-refractivity contribution is 6.30. The predicted octanol–water partition coefficient (Wildman–Crippen LogP) is 4.03. The Bertz CT molecular complexity index is 1350. The number of benzene rings is 2. The summed E-state index contributed by atoms with van der Waals surface area (Å²) in [6, 6.07) is 15.6. The minimum atomic E-state index is -0.780. The quantitative estimate of drug-likeness (QED) is 0.191.